The van der Waals surface area contributed by atoms with Crippen molar-refractivity contribution in [3.05, 3.63) is 35.4 Å². The Hall–Kier alpha value is -0.280. The predicted octanol–water partition coefficient (Wildman–Crippen LogP) is 4.05. The molecule has 1 fully saturated rings. The summed E-state index contributed by atoms with van der Waals surface area (Å²) in [6, 6.07) is 8.46. The van der Waals surface area contributed by atoms with Crippen molar-refractivity contribution in [2.75, 3.05) is 6.54 Å². The average Bonchev–Trinajstić information content (AvgIpc) is 2.45. The maximum absolute atomic E-state index is 5.74. The molecule has 0 radical (unpaired) electrons. The topological polar surface area (TPSA) is 38.0 Å². The van der Waals surface area contributed by atoms with Gasteiger partial charge in [0.25, 0.3) is 0 Å². The van der Waals surface area contributed by atoms with Crippen molar-refractivity contribution in [1.82, 2.24) is 5.32 Å². The Labute approximate surface area is 135 Å². The zero-order valence-corrected chi connectivity index (χ0v) is 13.8. The van der Waals surface area contributed by atoms with E-state index in [4.69, 9.17) is 5.73 Å². The summed E-state index contributed by atoms with van der Waals surface area (Å²) < 4.78 is 0. The van der Waals surface area contributed by atoms with Gasteiger partial charge in [-0.1, -0.05) is 56.4 Å². The third kappa shape index (κ3) is 6.45. The van der Waals surface area contributed by atoms with E-state index in [2.05, 4.69) is 29.6 Å². The lowest BCUT2D eigenvalue weighted by Gasteiger charge is -2.21. The first-order valence-electron chi connectivity index (χ1n) is 7.37. The SMILES string of the molecule is Cl.Cl.NCc1ccccc1CNCCC1CCCCC1. The third-order valence-corrected chi connectivity index (χ3v) is 4.11. The van der Waals surface area contributed by atoms with Gasteiger partial charge in [-0.3, -0.25) is 0 Å². The molecule has 2 nitrogen and oxygen atoms in total. The Morgan fingerprint density at radius 1 is 1.00 bits per heavy atom. The molecule has 0 amide bonds. The minimum Gasteiger partial charge on any atom is -0.326 e. The van der Waals surface area contributed by atoms with Gasteiger partial charge in [-0.05, 0) is 30.0 Å². The van der Waals surface area contributed by atoms with E-state index in [1.165, 1.54) is 49.7 Å². The number of benzene rings is 1. The van der Waals surface area contributed by atoms with E-state index in [-0.39, 0.29) is 24.8 Å². The number of nitrogens with two attached hydrogens (primary N) is 1. The molecular formula is C16H28Cl2N2. The summed E-state index contributed by atoms with van der Waals surface area (Å²) in [5.74, 6) is 0.969. The number of nitrogens with one attached hydrogen (secondary N) is 1. The summed E-state index contributed by atoms with van der Waals surface area (Å²) in [5.41, 5.74) is 8.36. The maximum atomic E-state index is 5.74. The Morgan fingerprint density at radius 2 is 1.65 bits per heavy atom. The second-order valence-corrected chi connectivity index (χ2v) is 5.44. The molecule has 1 saturated carbocycles. The van der Waals surface area contributed by atoms with Gasteiger partial charge in [0.2, 0.25) is 0 Å². The van der Waals surface area contributed by atoms with Gasteiger partial charge < -0.3 is 11.1 Å². The van der Waals surface area contributed by atoms with Crippen LogP contribution in [0.4, 0.5) is 0 Å². The van der Waals surface area contributed by atoms with Gasteiger partial charge in [0.05, 0.1) is 0 Å². The average molecular weight is 319 g/mol. The highest BCUT2D eigenvalue weighted by molar-refractivity contribution is 5.85. The molecule has 0 saturated heterocycles. The minimum absolute atomic E-state index is 0. The second-order valence-electron chi connectivity index (χ2n) is 5.44. The van der Waals surface area contributed by atoms with Crippen molar-refractivity contribution >= 4 is 24.8 Å². The molecule has 0 unspecified atom stereocenters. The maximum Gasteiger partial charge on any atom is 0.0208 e. The number of hydrogen-bond acceptors (Lipinski definition) is 2. The van der Waals surface area contributed by atoms with Crippen LogP contribution in [-0.2, 0) is 13.1 Å². The molecule has 0 bridgehead atoms. The fraction of sp³-hybridized carbons (Fsp3) is 0.625. The van der Waals surface area contributed by atoms with Gasteiger partial charge in [-0.15, -0.1) is 24.8 Å². The lowest BCUT2D eigenvalue weighted by atomic mass is 9.87. The van der Waals surface area contributed by atoms with Crippen LogP contribution < -0.4 is 11.1 Å². The molecule has 0 atom stereocenters. The minimum atomic E-state index is 0. The molecule has 0 heterocycles. The molecule has 0 aromatic heterocycles. The third-order valence-electron chi connectivity index (χ3n) is 4.11. The van der Waals surface area contributed by atoms with Gasteiger partial charge >= 0.3 is 0 Å². The highest BCUT2D eigenvalue weighted by Crippen LogP contribution is 2.25. The molecule has 1 aromatic rings. The van der Waals surface area contributed by atoms with Gasteiger partial charge in [-0.25, -0.2) is 0 Å². The normalized spacial score (nSPS) is 15.2. The van der Waals surface area contributed by atoms with Crippen LogP contribution in [0.15, 0.2) is 24.3 Å². The molecule has 1 aliphatic carbocycles. The summed E-state index contributed by atoms with van der Waals surface area (Å²) in [5, 5.41) is 3.57. The van der Waals surface area contributed by atoms with Crippen LogP contribution in [0.1, 0.15) is 49.7 Å². The molecule has 3 N–H and O–H groups in total. The van der Waals surface area contributed by atoms with E-state index >= 15 is 0 Å². The van der Waals surface area contributed by atoms with Gasteiger partial charge in [0, 0.05) is 13.1 Å². The van der Waals surface area contributed by atoms with Crippen LogP contribution in [0.2, 0.25) is 0 Å². The lowest BCUT2D eigenvalue weighted by molar-refractivity contribution is 0.334. The molecule has 0 aliphatic heterocycles. The molecule has 1 aliphatic rings. The summed E-state index contributed by atoms with van der Waals surface area (Å²) in [6.07, 6.45) is 8.57. The second kappa shape index (κ2) is 11.4. The van der Waals surface area contributed by atoms with Crippen molar-refractivity contribution in [2.24, 2.45) is 11.7 Å². The van der Waals surface area contributed by atoms with Crippen LogP contribution in [0.5, 0.6) is 0 Å². The zero-order chi connectivity index (χ0) is 12.6. The van der Waals surface area contributed by atoms with Gasteiger partial charge in [0.15, 0.2) is 0 Å². The summed E-state index contributed by atoms with van der Waals surface area (Å²) in [7, 11) is 0. The number of hydrogen-bond donors (Lipinski definition) is 2. The van der Waals surface area contributed by atoms with Crippen LogP contribution in [0.3, 0.4) is 0 Å². The van der Waals surface area contributed by atoms with Crippen LogP contribution >= 0.6 is 24.8 Å². The van der Waals surface area contributed by atoms with Crippen LogP contribution in [0.25, 0.3) is 0 Å². The number of halogens is 2. The molecule has 4 heteroatoms. The highest BCUT2D eigenvalue weighted by Gasteiger charge is 2.12. The van der Waals surface area contributed by atoms with Crippen molar-refractivity contribution < 1.29 is 0 Å². The van der Waals surface area contributed by atoms with Crippen molar-refractivity contribution in [2.45, 2.75) is 51.6 Å². The molecular weight excluding hydrogens is 291 g/mol. The quantitative estimate of drug-likeness (QED) is 0.776. The summed E-state index contributed by atoms with van der Waals surface area (Å²) >= 11 is 0. The Morgan fingerprint density at radius 3 is 2.30 bits per heavy atom. The molecule has 2 rings (SSSR count). The highest BCUT2D eigenvalue weighted by atomic mass is 35.5. The van der Waals surface area contributed by atoms with E-state index in [1.54, 1.807) is 0 Å². The van der Waals surface area contributed by atoms with E-state index in [1.807, 2.05) is 0 Å². The number of rotatable bonds is 6. The van der Waals surface area contributed by atoms with Crippen molar-refractivity contribution in [1.29, 1.82) is 0 Å². The monoisotopic (exact) mass is 318 g/mol. The van der Waals surface area contributed by atoms with Gasteiger partial charge in [-0.2, -0.15) is 0 Å². The smallest absolute Gasteiger partial charge is 0.0208 e. The van der Waals surface area contributed by atoms with Crippen LogP contribution in [0, 0.1) is 5.92 Å². The first-order valence-corrected chi connectivity index (χ1v) is 7.37. The molecule has 20 heavy (non-hydrogen) atoms. The Kier molecular flexibility index (Phi) is 11.2. The van der Waals surface area contributed by atoms with E-state index < -0.39 is 0 Å². The fourth-order valence-corrected chi connectivity index (χ4v) is 2.93. The van der Waals surface area contributed by atoms with Crippen LogP contribution in [-0.4, -0.2) is 6.54 Å². The molecule has 1 aromatic carbocycles. The molecule has 116 valence electrons. The first kappa shape index (κ1) is 19.7. The molecule has 0 spiro atoms. The fourth-order valence-electron chi connectivity index (χ4n) is 2.93. The largest absolute Gasteiger partial charge is 0.326 e. The Bertz CT molecular complexity index is 352. The predicted molar refractivity (Wildman–Crippen MR) is 91.7 cm³/mol. The van der Waals surface area contributed by atoms with Crippen molar-refractivity contribution in [3.63, 3.8) is 0 Å². The van der Waals surface area contributed by atoms with E-state index in [0.29, 0.717) is 6.54 Å². The summed E-state index contributed by atoms with van der Waals surface area (Å²) in [4.78, 5) is 0. The van der Waals surface area contributed by atoms with E-state index in [0.717, 1.165) is 19.0 Å². The van der Waals surface area contributed by atoms with Crippen molar-refractivity contribution in [3.8, 4) is 0 Å². The van der Waals surface area contributed by atoms with E-state index in [9.17, 15) is 0 Å². The first-order chi connectivity index (χ1) is 8.90. The summed E-state index contributed by atoms with van der Waals surface area (Å²) in [6.45, 7) is 2.74. The lowest BCUT2D eigenvalue weighted by Crippen LogP contribution is -2.20. The Balaban J connectivity index is 0.00000180. The van der Waals surface area contributed by atoms with Gasteiger partial charge in [0.1, 0.15) is 0 Å². The zero-order valence-electron chi connectivity index (χ0n) is 12.1. The standard InChI is InChI=1S/C16H26N2.2ClH/c17-12-15-8-4-5-9-16(15)13-18-11-10-14-6-2-1-3-7-14;;/h4-5,8-9,14,18H,1-3,6-7,10-13,17H2;2*1H.